The van der Waals surface area contributed by atoms with Crippen molar-refractivity contribution < 1.29 is 9.72 Å². The maximum atomic E-state index is 12.0. The van der Waals surface area contributed by atoms with Crippen LogP contribution in [0.15, 0.2) is 24.3 Å². The zero-order valence-corrected chi connectivity index (χ0v) is 10.8. The summed E-state index contributed by atoms with van der Waals surface area (Å²) in [7, 11) is 0. The van der Waals surface area contributed by atoms with E-state index in [1.54, 1.807) is 0 Å². The molecule has 0 fully saturated rings. The standard InChI is InChI=1S/C13H18N2O3/c1-3-9-14(4-2)10-13(16)11-5-7-12(8-6-11)15(17)18/h5-8H,3-4,9-10H2,1-2H3. The Morgan fingerprint density at radius 1 is 1.28 bits per heavy atom. The molecule has 1 aromatic rings. The number of ketones is 1. The first kappa shape index (κ1) is 14.3. The molecule has 1 aromatic carbocycles. The summed E-state index contributed by atoms with van der Waals surface area (Å²) in [4.78, 5) is 24.1. The molecule has 5 nitrogen and oxygen atoms in total. The van der Waals surface area contributed by atoms with Crippen LogP contribution < -0.4 is 0 Å². The summed E-state index contributed by atoms with van der Waals surface area (Å²) >= 11 is 0. The van der Waals surface area contributed by atoms with Crippen molar-refractivity contribution in [1.29, 1.82) is 0 Å². The third-order valence-electron chi connectivity index (χ3n) is 2.75. The average Bonchev–Trinajstić information content (AvgIpc) is 2.38. The van der Waals surface area contributed by atoms with E-state index in [-0.39, 0.29) is 11.5 Å². The summed E-state index contributed by atoms with van der Waals surface area (Å²) in [5, 5.41) is 10.5. The largest absolute Gasteiger partial charge is 0.296 e. The van der Waals surface area contributed by atoms with Gasteiger partial charge >= 0.3 is 0 Å². The smallest absolute Gasteiger partial charge is 0.269 e. The Labute approximate surface area is 107 Å². The first-order valence-electron chi connectivity index (χ1n) is 6.08. The molecule has 0 atom stereocenters. The van der Waals surface area contributed by atoms with Crippen LogP contribution in [-0.2, 0) is 0 Å². The van der Waals surface area contributed by atoms with Crippen LogP contribution >= 0.6 is 0 Å². The monoisotopic (exact) mass is 250 g/mol. The predicted octanol–water partition coefficient (Wildman–Crippen LogP) is 2.51. The van der Waals surface area contributed by atoms with E-state index in [0.29, 0.717) is 12.1 Å². The van der Waals surface area contributed by atoms with E-state index in [1.165, 1.54) is 24.3 Å². The molecule has 5 heteroatoms. The fourth-order valence-corrected chi connectivity index (χ4v) is 1.73. The summed E-state index contributed by atoms with van der Waals surface area (Å²) in [5.41, 5.74) is 0.530. The van der Waals surface area contributed by atoms with E-state index in [0.717, 1.165) is 19.5 Å². The van der Waals surface area contributed by atoms with Gasteiger partial charge in [0.2, 0.25) is 0 Å². The van der Waals surface area contributed by atoms with Crippen molar-refractivity contribution in [3.8, 4) is 0 Å². The summed E-state index contributed by atoms with van der Waals surface area (Å²) < 4.78 is 0. The minimum absolute atomic E-state index is 0.000183. The molecule has 0 aliphatic rings. The molecule has 0 aliphatic heterocycles. The van der Waals surface area contributed by atoms with E-state index < -0.39 is 4.92 Å². The van der Waals surface area contributed by atoms with E-state index >= 15 is 0 Å². The normalized spacial score (nSPS) is 10.6. The Hall–Kier alpha value is -1.75. The van der Waals surface area contributed by atoms with Crippen LogP contribution in [-0.4, -0.2) is 35.2 Å². The number of hydrogen-bond acceptors (Lipinski definition) is 4. The highest BCUT2D eigenvalue weighted by Crippen LogP contribution is 2.12. The minimum atomic E-state index is -0.469. The van der Waals surface area contributed by atoms with Gasteiger partial charge in [0.1, 0.15) is 0 Å². The molecular formula is C13H18N2O3. The van der Waals surface area contributed by atoms with E-state index in [4.69, 9.17) is 0 Å². The fraction of sp³-hybridized carbons (Fsp3) is 0.462. The molecule has 0 radical (unpaired) electrons. The molecule has 0 aromatic heterocycles. The number of carbonyl (C=O) groups is 1. The third-order valence-corrected chi connectivity index (χ3v) is 2.75. The highest BCUT2D eigenvalue weighted by atomic mass is 16.6. The Bertz CT molecular complexity index is 415. The second-order valence-electron chi connectivity index (χ2n) is 4.10. The van der Waals surface area contributed by atoms with Crippen LogP contribution in [0, 0.1) is 10.1 Å². The van der Waals surface area contributed by atoms with Gasteiger partial charge in [-0.15, -0.1) is 0 Å². The lowest BCUT2D eigenvalue weighted by atomic mass is 10.1. The number of nitro benzene ring substituents is 1. The van der Waals surface area contributed by atoms with Crippen molar-refractivity contribution in [2.45, 2.75) is 20.3 Å². The number of nitrogens with zero attached hydrogens (tertiary/aromatic N) is 2. The molecule has 0 bridgehead atoms. The van der Waals surface area contributed by atoms with Crippen molar-refractivity contribution in [2.24, 2.45) is 0 Å². The first-order valence-corrected chi connectivity index (χ1v) is 6.08. The fourth-order valence-electron chi connectivity index (χ4n) is 1.73. The van der Waals surface area contributed by atoms with Crippen molar-refractivity contribution in [3.05, 3.63) is 39.9 Å². The lowest BCUT2D eigenvalue weighted by Crippen LogP contribution is -2.30. The van der Waals surface area contributed by atoms with E-state index in [2.05, 4.69) is 11.8 Å². The molecule has 0 heterocycles. The molecule has 1 rings (SSSR count). The van der Waals surface area contributed by atoms with Crippen molar-refractivity contribution in [2.75, 3.05) is 19.6 Å². The molecule has 0 saturated heterocycles. The third kappa shape index (κ3) is 3.92. The Morgan fingerprint density at radius 2 is 1.89 bits per heavy atom. The molecule has 0 aliphatic carbocycles. The number of non-ortho nitro benzene ring substituents is 1. The molecule has 0 saturated carbocycles. The van der Waals surface area contributed by atoms with Crippen LogP contribution in [0.2, 0.25) is 0 Å². The van der Waals surface area contributed by atoms with E-state index in [9.17, 15) is 14.9 Å². The SMILES string of the molecule is CCCN(CC)CC(=O)c1ccc([N+](=O)[O-])cc1. The number of hydrogen-bond donors (Lipinski definition) is 0. The quantitative estimate of drug-likeness (QED) is 0.424. The zero-order chi connectivity index (χ0) is 13.5. The van der Waals surface area contributed by atoms with Gasteiger partial charge in [0.25, 0.3) is 5.69 Å². The van der Waals surface area contributed by atoms with Crippen LogP contribution in [0.25, 0.3) is 0 Å². The molecule has 0 unspecified atom stereocenters. The Kier molecular flexibility index (Phi) is 5.45. The number of carbonyl (C=O) groups excluding carboxylic acids is 1. The zero-order valence-electron chi connectivity index (χ0n) is 10.8. The van der Waals surface area contributed by atoms with Gasteiger partial charge in [-0.25, -0.2) is 0 Å². The molecule has 0 spiro atoms. The minimum Gasteiger partial charge on any atom is -0.296 e. The summed E-state index contributed by atoms with van der Waals surface area (Å²) in [6.45, 7) is 6.15. The summed E-state index contributed by atoms with van der Waals surface area (Å²) in [6, 6.07) is 5.76. The highest BCUT2D eigenvalue weighted by Gasteiger charge is 2.12. The van der Waals surface area contributed by atoms with Gasteiger partial charge in [-0.2, -0.15) is 0 Å². The molecule has 0 amide bonds. The molecule has 0 N–H and O–H groups in total. The lowest BCUT2D eigenvalue weighted by Gasteiger charge is -2.18. The molecule has 18 heavy (non-hydrogen) atoms. The van der Waals surface area contributed by atoms with Gasteiger partial charge in [0, 0.05) is 17.7 Å². The van der Waals surface area contributed by atoms with Gasteiger partial charge in [0.05, 0.1) is 11.5 Å². The molecule has 98 valence electrons. The van der Waals surface area contributed by atoms with Gasteiger partial charge in [0.15, 0.2) is 5.78 Å². The van der Waals surface area contributed by atoms with Crippen LogP contribution in [0.1, 0.15) is 30.6 Å². The van der Waals surface area contributed by atoms with Crippen LogP contribution in [0.4, 0.5) is 5.69 Å². The highest BCUT2D eigenvalue weighted by molar-refractivity contribution is 5.97. The van der Waals surface area contributed by atoms with Gasteiger partial charge in [-0.1, -0.05) is 13.8 Å². The maximum absolute atomic E-state index is 12.0. The first-order chi connectivity index (χ1) is 8.58. The Balaban J connectivity index is 2.69. The average molecular weight is 250 g/mol. The number of Topliss-reactive ketones (excluding diaryl/α,β-unsaturated/α-hetero) is 1. The molecular weight excluding hydrogens is 232 g/mol. The van der Waals surface area contributed by atoms with Gasteiger partial charge in [-0.3, -0.25) is 19.8 Å². The summed E-state index contributed by atoms with van der Waals surface area (Å²) in [6.07, 6.45) is 1.00. The maximum Gasteiger partial charge on any atom is 0.269 e. The van der Waals surface area contributed by atoms with Crippen LogP contribution in [0.5, 0.6) is 0 Å². The van der Waals surface area contributed by atoms with Crippen molar-refractivity contribution in [3.63, 3.8) is 0 Å². The number of benzene rings is 1. The van der Waals surface area contributed by atoms with Crippen molar-refractivity contribution in [1.82, 2.24) is 4.90 Å². The topological polar surface area (TPSA) is 63.5 Å². The predicted molar refractivity (Wildman–Crippen MR) is 69.8 cm³/mol. The van der Waals surface area contributed by atoms with Gasteiger partial charge in [-0.05, 0) is 31.6 Å². The Morgan fingerprint density at radius 3 is 2.33 bits per heavy atom. The van der Waals surface area contributed by atoms with E-state index in [1.807, 2.05) is 6.92 Å². The lowest BCUT2D eigenvalue weighted by molar-refractivity contribution is -0.384. The summed E-state index contributed by atoms with van der Waals surface area (Å²) in [5.74, 6) is 0.000183. The number of likely N-dealkylation sites (N-methyl/N-ethyl adjacent to an activating group) is 1. The second kappa shape index (κ2) is 6.86. The van der Waals surface area contributed by atoms with Crippen LogP contribution in [0.3, 0.4) is 0 Å². The van der Waals surface area contributed by atoms with Gasteiger partial charge < -0.3 is 0 Å². The number of rotatable bonds is 7. The van der Waals surface area contributed by atoms with Crippen molar-refractivity contribution >= 4 is 11.5 Å². The number of nitro groups is 1. The second-order valence-corrected chi connectivity index (χ2v) is 4.10.